The van der Waals surface area contributed by atoms with E-state index in [0.717, 1.165) is 10.4 Å². The first-order chi connectivity index (χ1) is 10.1. The van der Waals surface area contributed by atoms with Gasteiger partial charge in [-0.05, 0) is 42.3 Å². The van der Waals surface area contributed by atoms with Gasteiger partial charge in [-0.15, -0.1) is 11.3 Å². The van der Waals surface area contributed by atoms with Gasteiger partial charge in [0, 0.05) is 9.75 Å². The molecule has 1 aromatic heterocycles. The molecule has 0 spiro atoms. The van der Waals surface area contributed by atoms with Crippen LogP contribution in [0.15, 0.2) is 60.7 Å². The molecular weight excluding hydrogens is 347 g/mol. The highest BCUT2D eigenvalue weighted by Gasteiger charge is 2.13. The van der Waals surface area contributed by atoms with E-state index in [1.807, 2.05) is 6.07 Å². The van der Waals surface area contributed by atoms with Crippen molar-refractivity contribution < 1.29 is 4.39 Å². The SMILES string of the molecule is Cc1ccc(C(Br)c2ccc(-c3cccc(F)c3)s2)cc1. The van der Waals surface area contributed by atoms with Crippen LogP contribution in [-0.2, 0) is 0 Å². The van der Waals surface area contributed by atoms with Crippen LogP contribution in [0, 0.1) is 12.7 Å². The van der Waals surface area contributed by atoms with Crippen molar-refractivity contribution in [2.45, 2.75) is 11.8 Å². The Bertz CT molecular complexity index is 746. The Labute approximate surface area is 136 Å². The molecule has 0 nitrogen and oxygen atoms in total. The number of alkyl halides is 1. The van der Waals surface area contributed by atoms with Crippen LogP contribution < -0.4 is 0 Å². The molecule has 3 aromatic rings. The van der Waals surface area contributed by atoms with Gasteiger partial charge in [0.25, 0.3) is 0 Å². The lowest BCUT2D eigenvalue weighted by molar-refractivity contribution is 0.628. The summed E-state index contributed by atoms with van der Waals surface area (Å²) in [6.45, 7) is 2.08. The first-order valence-electron chi connectivity index (χ1n) is 6.70. The van der Waals surface area contributed by atoms with E-state index < -0.39 is 0 Å². The summed E-state index contributed by atoms with van der Waals surface area (Å²) in [5, 5.41) is 0. The van der Waals surface area contributed by atoms with Gasteiger partial charge >= 0.3 is 0 Å². The second-order valence-corrected chi connectivity index (χ2v) is 7.02. The maximum Gasteiger partial charge on any atom is 0.123 e. The molecule has 106 valence electrons. The first kappa shape index (κ1) is 14.5. The van der Waals surface area contributed by atoms with Crippen LogP contribution in [0.25, 0.3) is 10.4 Å². The summed E-state index contributed by atoms with van der Waals surface area (Å²) < 4.78 is 13.3. The molecule has 0 aliphatic carbocycles. The zero-order chi connectivity index (χ0) is 14.8. The highest BCUT2D eigenvalue weighted by molar-refractivity contribution is 9.09. The molecule has 0 bridgehead atoms. The van der Waals surface area contributed by atoms with E-state index >= 15 is 0 Å². The van der Waals surface area contributed by atoms with Crippen molar-refractivity contribution in [3.63, 3.8) is 0 Å². The molecule has 0 fully saturated rings. The molecule has 21 heavy (non-hydrogen) atoms. The molecule has 0 amide bonds. The summed E-state index contributed by atoms with van der Waals surface area (Å²) in [7, 11) is 0. The van der Waals surface area contributed by atoms with Crippen LogP contribution in [0.3, 0.4) is 0 Å². The Morgan fingerprint density at radius 1 is 1.00 bits per heavy atom. The number of aryl methyl sites for hydroxylation is 1. The maximum atomic E-state index is 13.3. The van der Waals surface area contributed by atoms with Crippen LogP contribution in [0.2, 0.25) is 0 Å². The molecule has 0 radical (unpaired) electrons. The highest BCUT2D eigenvalue weighted by Crippen LogP contribution is 2.38. The standard InChI is InChI=1S/C18H14BrFS/c1-12-5-7-13(8-6-12)18(19)17-10-9-16(21-17)14-3-2-4-15(20)11-14/h2-11,18H,1H3. The van der Waals surface area contributed by atoms with Gasteiger partial charge in [-0.1, -0.05) is 57.9 Å². The van der Waals surface area contributed by atoms with Gasteiger partial charge in [-0.25, -0.2) is 4.39 Å². The lowest BCUT2D eigenvalue weighted by Crippen LogP contribution is -1.88. The first-order valence-corrected chi connectivity index (χ1v) is 8.43. The van der Waals surface area contributed by atoms with Crippen LogP contribution in [0.4, 0.5) is 4.39 Å². The molecule has 0 N–H and O–H groups in total. The Balaban J connectivity index is 1.89. The van der Waals surface area contributed by atoms with Gasteiger partial charge in [-0.2, -0.15) is 0 Å². The molecule has 1 atom stereocenters. The van der Waals surface area contributed by atoms with Crippen molar-refractivity contribution in [1.82, 2.24) is 0 Å². The molecule has 0 saturated heterocycles. The Hall–Kier alpha value is -1.45. The number of thiophene rings is 1. The molecule has 1 unspecified atom stereocenters. The quantitative estimate of drug-likeness (QED) is 0.477. The average molecular weight is 361 g/mol. The van der Waals surface area contributed by atoms with E-state index in [4.69, 9.17) is 0 Å². The fraction of sp³-hybridized carbons (Fsp3) is 0.111. The topological polar surface area (TPSA) is 0 Å². The minimum Gasteiger partial charge on any atom is -0.207 e. The molecular formula is C18H14BrFS. The predicted molar refractivity (Wildman–Crippen MR) is 91.7 cm³/mol. The monoisotopic (exact) mass is 360 g/mol. The number of hydrogen-bond acceptors (Lipinski definition) is 1. The van der Waals surface area contributed by atoms with Crippen LogP contribution in [0.1, 0.15) is 20.8 Å². The fourth-order valence-corrected chi connectivity index (χ4v) is 3.93. The van der Waals surface area contributed by atoms with Gasteiger partial charge < -0.3 is 0 Å². The second kappa shape index (κ2) is 6.12. The summed E-state index contributed by atoms with van der Waals surface area (Å²) in [4.78, 5) is 2.48. The third-order valence-corrected chi connectivity index (χ3v) is 5.88. The van der Waals surface area contributed by atoms with Crippen molar-refractivity contribution in [3.8, 4) is 10.4 Å². The fourth-order valence-electron chi connectivity index (χ4n) is 2.19. The molecule has 0 aliphatic rings. The maximum absolute atomic E-state index is 13.3. The third kappa shape index (κ3) is 3.25. The summed E-state index contributed by atoms with van der Waals surface area (Å²) in [6.07, 6.45) is 0. The van der Waals surface area contributed by atoms with E-state index in [1.54, 1.807) is 23.5 Å². The number of hydrogen-bond donors (Lipinski definition) is 0. The number of benzene rings is 2. The number of rotatable bonds is 3. The van der Waals surface area contributed by atoms with E-state index in [-0.39, 0.29) is 10.6 Å². The molecule has 0 saturated carbocycles. The molecule has 2 aromatic carbocycles. The largest absolute Gasteiger partial charge is 0.207 e. The van der Waals surface area contributed by atoms with Gasteiger partial charge in [0.15, 0.2) is 0 Å². The van der Waals surface area contributed by atoms with Crippen molar-refractivity contribution in [3.05, 3.63) is 82.5 Å². The lowest BCUT2D eigenvalue weighted by Gasteiger charge is -2.08. The summed E-state index contributed by atoms with van der Waals surface area (Å²) in [5.41, 5.74) is 3.41. The second-order valence-electron chi connectivity index (χ2n) is 4.99. The normalized spacial score (nSPS) is 12.3. The van der Waals surface area contributed by atoms with E-state index in [9.17, 15) is 4.39 Å². The van der Waals surface area contributed by atoms with Gasteiger partial charge in [-0.3, -0.25) is 0 Å². The minimum atomic E-state index is -0.198. The van der Waals surface area contributed by atoms with Gasteiger partial charge in [0.2, 0.25) is 0 Å². The van der Waals surface area contributed by atoms with E-state index in [2.05, 4.69) is 59.3 Å². The predicted octanol–water partition coefficient (Wildman–Crippen LogP) is 6.35. The smallest absolute Gasteiger partial charge is 0.123 e. The zero-order valence-electron chi connectivity index (χ0n) is 11.5. The van der Waals surface area contributed by atoms with Gasteiger partial charge in [0.1, 0.15) is 5.82 Å². The summed E-state index contributed by atoms with van der Waals surface area (Å²) >= 11 is 5.44. The minimum absolute atomic E-state index is 0.172. The van der Waals surface area contributed by atoms with Gasteiger partial charge in [0.05, 0.1) is 4.83 Å². The van der Waals surface area contributed by atoms with Crippen LogP contribution >= 0.6 is 27.3 Å². The lowest BCUT2D eigenvalue weighted by atomic mass is 10.1. The highest BCUT2D eigenvalue weighted by atomic mass is 79.9. The van der Waals surface area contributed by atoms with Crippen molar-refractivity contribution in [2.24, 2.45) is 0 Å². The molecule has 3 rings (SSSR count). The van der Waals surface area contributed by atoms with Crippen molar-refractivity contribution >= 4 is 27.3 Å². The van der Waals surface area contributed by atoms with E-state index in [0.29, 0.717) is 0 Å². The zero-order valence-corrected chi connectivity index (χ0v) is 13.9. The summed E-state index contributed by atoms with van der Waals surface area (Å²) in [6, 6.07) is 19.4. The molecule has 1 heterocycles. The molecule has 3 heteroatoms. The van der Waals surface area contributed by atoms with Crippen molar-refractivity contribution in [2.75, 3.05) is 0 Å². The number of halogens is 2. The average Bonchev–Trinajstić information content (AvgIpc) is 2.97. The van der Waals surface area contributed by atoms with Crippen LogP contribution in [-0.4, -0.2) is 0 Å². The van der Waals surface area contributed by atoms with Crippen molar-refractivity contribution in [1.29, 1.82) is 0 Å². The third-order valence-electron chi connectivity index (χ3n) is 3.36. The molecule has 0 aliphatic heterocycles. The van der Waals surface area contributed by atoms with E-state index in [1.165, 1.54) is 22.1 Å². The Kier molecular flexibility index (Phi) is 4.22. The Morgan fingerprint density at radius 3 is 2.48 bits per heavy atom. The summed E-state index contributed by atoms with van der Waals surface area (Å²) in [5.74, 6) is -0.198. The Morgan fingerprint density at radius 2 is 1.76 bits per heavy atom. The van der Waals surface area contributed by atoms with Crippen LogP contribution in [0.5, 0.6) is 0 Å².